The van der Waals surface area contributed by atoms with Gasteiger partial charge in [0, 0.05) is 5.56 Å². The van der Waals surface area contributed by atoms with Crippen molar-refractivity contribution >= 4 is 21.9 Å². The van der Waals surface area contributed by atoms with Gasteiger partial charge in [-0.05, 0) is 28.1 Å². The number of hydrogen-bond acceptors (Lipinski definition) is 4. The van der Waals surface area contributed by atoms with Crippen molar-refractivity contribution in [3.63, 3.8) is 0 Å². The standard InChI is InChI=1S/C7H5BrO4.Na/c8-6-4(9)1-3(7(11)12)2-5(6)10;/h1-2,9-10H,(H,11,12);/q;+1/p-1. The number of carbonyl (C=O) groups excluding carboxylic acids is 1. The van der Waals surface area contributed by atoms with Crippen LogP contribution in [0.5, 0.6) is 11.5 Å². The second-order valence-electron chi connectivity index (χ2n) is 2.12. The van der Waals surface area contributed by atoms with Gasteiger partial charge in [-0.1, -0.05) is 0 Å². The molecule has 0 saturated heterocycles. The van der Waals surface area contributed by atoms with Gasteiger partial charge in [0.05, 0.1) is 5.97 Å². The van der Waals surface area contributed by atoms with Crippen molar-refractivity contribution in [1.82, 2.24) is 0 Å². The molecule has 0 aromatic heterocycles. The van der Waals surface area contributed by atoms with Crippen LogP contribution in [0.25, 0.3) is 0 Å². The number of rotatable bonds is 1. The van der Waals surface area contributed by atoms with Gasteiger partial charge in [-0.2, -0.15) is 0 Å². The fourth-order valence-corrected chi connectivity index (χ4v) is 0.941. The summed E-state index contributed by atoms with van der Waals surface area (Å²) in [6.07, 6.45) is 0. The molecule has 0 amide bonds. The molecule has 0 fully saturated rings. The fraction of sp³-hybridized carbons (Fsp3) is 0. The molecule has 0 saturated carbocycles. The first-order valence-electron chi connectivity index (χ1n) is 2.95. The number of carboxylic acid groups (broad SMARTS) is 1. The van der Waals surface area contributed by atoms with E-state index in [-0.39, 0.29) is 51.1 Å². The van der Waals surface area contributed by atoms with Crippen LogP contribution in [0, 0.1) is 0 Å². The van der Waals surface area contributed by atoms with Crippen molar-refractivity contribution in [1.29, 1.82) is 0 Å². The molecule has 0 bridgehead atoms. The number of phenols is 2. The Labute approximate surface area is 105 Å². The average molecular weight is 255 g/mol. The van der Waals surface area contributed by atoms with Crippen molar-refractivity contribution in [3.8, 4) is 11.5 Å². The van der Waals surface area contributed by atoms with Crippen molar-refractivity contribution in [3.05, 3.63) is 22.2 Å². The Kier molecular flexibility index (Phi) is 4.77. The summed E-state index contributed by atoms with van der Waals surface area (Å²) in [4.78, 5) is 10.3. The summed E-state index contributed by atoms with van der Waals surface area (Å²) in [5.41, 5.74) is -0.270. The molecule has 0 aliphatic heterocycles. The van der Waals surface area contributed by atoms with Gasteiger partial charge in [0.1, 0.15) is 16.0 Å². The van der Waals surface area contributed by atoms with E-state index in [1.54, 1.807) is 0 Å². The topological polar surface area (TPSA) is 80.6 Å². The van der Waals surface area contributed by atoms with Gasteiger partial charge in [0.2, 0.25) is 0 Å². The normalized spacial score (nSPS) is 9.00. The second kappa shape index (κ2) is 4.85. The summed E-state index contributed by atoms with van der Waals surface area (Å²) < 4.78 is 0.0625. The van der Waals surface area contributed by atoms with E-state index in [4.69, 9.17) is 10.2 Å². The largest absolute Gasteiger partial charge is 1.00 e. The molecule has 2 N–H and O–H groups in total. The van der Waals surface area contributed by atoms with Crippen molar-refractivity contribution < 1.29 is 49.7 Å². The number of carboxylic acids is 1. The SMILES string of the molecule is O=C([O-])c1cc(O)c(Br)c(O)c1.[Na+]. The molecular formula is C7H4BrNaO4. The van der Waals surface area contributed by atoms with E-state index < -0.39 is 5.97 Å². The summed E-state index contributed by atoms with van der Waals surface area (Å²) in [6.45, 7) is 0. The molecule has 1 rings (SSSR count). The third kappa shape index (κ3) is 2.87. The molecule has 0 aliphatic rings. The Morgan fingerprint density at radius 2 is 1.69 bits per heavy atom. The molecule has 64 valence electrons. The quantitative estimate of drug-likeness (QED) is 0.532. The van der Waals surface area contributed by atoms with Gasteiger partial charge in [0.15, 0.2) is 0 Å². The van der Waals surface area contributed by atoms with E-state index in [0.29, 0.717) is 0 Å². The maximum Gasteiger partial charge on any atom is 1.00 e. The molecule has 0 spiro atoms. The van der Waals surface area contributed by atoms with Gasteiger partial charge in [-0.25, -0.2) is 0 Å². The first-order valence-corrected chi connectivity index (χ1v) is 3.74. The Hall–Kier alpha value is -0.230. The first kappa shape index (κ1) is 12.8. The van der Waals surface area contributed by atoms with E-state index in [2.05, 4.69) is 15.9 Å². The number of phenolic OH excluding ortho intramolecular Hbond substituents is 2. The van der Waals surface area contributed by atoms with E-state index in [9.17, 15) is 9.90 Å². The van der Waals surface area contributed by atoms with Crippen molar-refractivity contribution in [2.75, 3.05) is 0 Å². The molecule has 13 heavy (non-hydrogen) atoms. The van der Waals surface area contributed by atoms with Crippen LogP contribution in [0.4, 0.5) is 0 Å². The van der Waals surface area contributed by atoms with Crippen LogP contribution in [0.3, 0.4) is 0 Å². The summed E-state index contributed by atoms with van der Waals surface area (Å²) in [7, 11) is 0. The first-order chi connectivity index (χ1) is 5.52. The van der Waals surface area contributed by atoms with Crippen LogP contribution < -0.4 is 34.7 Å². The summed E-state index contributed by atoms with van der Waals surface area (Å²) >= 11 is 2.85. The van der Waals surface area contributed by atoms with Crippen LogP contribution >= 0.6 is 15.9 Å². The van der Waals surface area contributed by atoms with Gasteiger partial charge in [0.25, 0.3) is 0 Å². The van der Waals surface area contributed by atoms with E-state index in [1.165, 1.54) is 0 Å². The zero-order valence-corrected chi connectivity index (χ0v) is 10.3. The van der Waals surface area contributed by atoms with Crippen LogP contribution in [0.15, 0.2) is 16.6 Å². The number of carbonyl (C=O) groups is 1. The monoisotopic (exact) mass is 254 g/mol. The van der Waals surface area contributed by atoms with E-state index in [0.717, 1.165) is 12.1 Å². The molecule has 4 nitrogen and oxygen atoms in total. The zero-order chi connectivity index (χ0) is 9.30. The Bertz CT molecular complexity index is 316. The smallest absolute Gasteiger partial charge is 0.545 e. The number of halogens is 1. The maximum atomic E-state index is 10.3. The molecule has 0 heterocycles. The summed E-state index contributed by atoms with van der Waals surface area (Å²) in [6, 6.07) is 1.97. The molecule has 6 heteroatoms. The minimum Gasteiger partial charge on any atom is -0.545 e. The molecule has 0 atom stereocenters. The van der Waals surface area contributed by atoms with Gasteiger partial charge in [-0.3, -0.25) is 0 Å². The Morgan fingerprint density at radius 3 is 2.00 bits per heavy atom. The number of aromatic carboxylic acids is 1. The zero-order valence-electron chi connectivity index (χ0n) is 6.74. The van der Waals surface area contributed by atoms with Gasteiger partial charge in [-0.15, -0.1) is 0 Å². The van der Waals surface area contributed by atoms with Crippen LogP contribution in [0.2, 0.25) is 0 Å². The third-order valence-electron chi connectivity index (χ3n) is 1.27. The molecular weight excluding hydrogens is 251 g/mol. The summed E-state index contributed by atoms with van der Waals surface area (Å²) in [5.74, 6) is -2.13. The van der Waals surface area contributed by atoms with E-state index in [1.807, 2.05) is 0 Å². The summed E-state index contributed by atoms with van der Waals surface area (Å²) in [5, 5.41) is 28.3. The predicted molar refractivity (Wildman–Crippen MR) is 41.8 cm³/mol. The van der Waals surface area contributed by atoms with E-state index >= 15 is 0 Å². The second-order valence-corrected chi connectivity index (χ2v) is 2.91. The molecule has 0 aliphatic carbocycles. The number of benzene rings is 1. The Morgan fingerprint density at radius 1 is 1.31 bits per heavy atom. The third-order valence-corrected chi connectivity index (χ3v) is 2.08. The number of aromatic hydroxyl groups is 2. The predicted octanol–water partition coefficient (Wildman–Crippen LogP) is -2.77. The van der Waals surface area contributed by atoms with Crippen molar-refractivity contribution in [2.24, 2.45) is 0 Å². The fourth-order valence-electron chi connectivity index (χ4n) is 0.712. The average Bonchev–Trinajstić information content (AvgIpc) is 1.99. The molecule has 1 aromatic carbocycles. The minimum atomic E-state index is -1.45. The minimum absolute atomic E-state index is 0. The Balaban J connectivity index is 0.00000144. The van der Waals surface area contributed by atoms with Crippen LogP contribution in [0.1, 0.15) is 10.4 Å². The van der Waals surface area contributed by atoms with Crippen LogP contribution in [-0.4, -0.2) is 16.2 Å². The van der Waals surface area contributed by atoms with Gasteiger partial charge >= 0.3 is 29.6 Å². The van der Waals surface area contributed by atoms with Gasteiger partial charge < -0.3 is 20.1 Å². The molecule has 1 aromatic rings. The van der Waals surface area contributed by atoms with Crippen LogP contribution in [-0.2, 0) is 0 Å². The number of hydrogen-bond donors (Lipinski definition) is 2. The molecule has 0 unspecified atom stereocenters. The maximum absolute atomic E-state index is 10.3. The molecule has 0 radical (unpaired) electrons. The van der Waals surface area contributed by atoms with Crippen molar-refractivity contribution in [2.45, 2.75) is 0 Å².